The van der Waals surface area contributed by atoms with Gasteiger partial charge in [0.15, 0.2) is 0 Å². The average Bonchev–Trinajstić information content (AvgIpc) is 2.41. The summed E-state index contributed by atoms with van der Waals surface area (Å²) >= 11 is 5.87. The monoisotopic (exact) mass is 300 g/mol. The molecule has 0 bridgehead atoms. The van der Waals surface area contributed by atoms with Crippen LogP contribution in [-0.2, 0) is 9.53 Å². The number of hydrogen-bond donors (Lipinski definition) is 3. The first-order chi connectivity index (χ1) is 9.45. The lowest BCUT2D eigenvalue weighted by Crippen LogP contribution is -2.45. The van der Waals surface area contributed by atoms with Gasteiger partial charge in [-0.25, -0.2) is 0 Å². The second-order valence-electron chi connectivity index (χ2n) is 4.14. The molecule has 1 aromatic rings. The summed E-state index contributed by atoms with van der Waals surface area (Å²) < 4.78 is 4.80. The highest BCUT2D eigenvalue weighted by Gasteiger charge is 2.18. The summed E-state index contributed by atoms with van der Waals surface area (Å²) in [6.45, 7) is 2.31. The van der Waals surface area contributed by atoms with E-state index in [0.29, 0.717) is 13.2 Å². The molecule has 110 valence electrons. The second-order valence-corrected chi connectivity index (χ2v) is 4.55. The number of aromatic hydroxyl groups is 1. The van der Waals surface area contributed by atoms with Crippen molar-refractivity contribution in [3.05, 3.63) is 28.8 Å². The second kappa shape index (κ2) is 7.72. The zero-order valence-electron chi connectivity index (χ0n) is 11.3. The van der Waals surface area contributed by atoms with Gasteiger partial charge in [0.2, 0.25) is 5.91 Å². The maximum absolute atomic E-state index is 12.0. The Morgan fingerprint density at radius 1 is 1.45 bits per heavy atom. The zero-order chi connectivity index (χ0) is 15.1. The third-order valence-electron chi connectivity index (χ3n) is 2.54. The van der Waals surface area contributed by atoms with E-state index < -0.39 is 11.9 Å². The van der Waals surface area contributed by atoms with E-state index in [4.69, 9.17) is 16.3 Å². The molecule has 0 radical (unpaired) electrons. The van der Waals surface area contributed by atoms with Crippen molar-refractivity contribution in [1.82, 2.24) is 10.6 Å². The van der Waals surface area contributed by atoms with E-state index >= 15 is 0 Å². The van der Waals surface area contributed by atoms with Crippen molar-refractivity contribution in [3.63, 3.8) is 0 Å². The fraction of sp³-hybridized carbons (Fsp3) is 0.385. The molecule has 1 unspecified atom stereocenters. The minimum absolute atomic E-state index is 0.0725. The minimum Gasteiger partial charge on any atom is -0.508 e. The SMILES string of the molecule is COCCNC(=O)C(C)NC(=O)c1cc(O)ccc1Cl. The first kappa shape index (κ1) is 16.3. The van der Waals surface area contributed by atoms with E-state index in [9.17, 15) is 14.7 Å². The molecular weight excluding hydrogens is 284 g/mol. The molecule has 0 fully saturated rings. The van der Waals surface area contributed by atoms with E-state index in [1.165, 1.54) is 25.3 Å². The van der Waals surface area contributed by atoms with Crippen molar-refractivity contribution in [2.24, 2.45) is 0 Å². The van der Waals surface area contributed by atoms with Gasteiger partial charge in [0.05, 0.1) is 17.2 Å². The molecule has 0 spiro atoms. The van der Waals surface area contributed by atoms with Crippen LogP contribution in [0, 0.1) is 0 Å². The van der Waals surface area contributed by atoms with Crippen molar-refractivity contribution < 1.29 is 19.4 Å². The summed E-state index contributed by atoms with van der Waals surface area (Å²) in [7, 11) is 1.53. The average molecular weight is 301 g/mol. The quantitative estimate of drug-likeness (QED) is 0.682. The van der Waals surface area contributed by atoms with E-state index in [2.05, 4.69) is 10.6 Å². The number of amides is 2. The third kappa shape index (κ3) is 4.71. The Morgan fingerprint density at radius 2 is 2.15 bits per heavy atom. The van der Waals surface area contributed by atoms with Crippen LogP contribution in [0.5, 0.6) is 5.75 Å². The van der Waals surface area contributed by atoms with Crippen molar-refractivity contribution in [1.29, 1.82) is 0 Å². The van der Waals surface area contributed by atoms with Gasteiger partial charge in [-0.15, -0.1) is 0 Å². The normalized spacial score (nSPS) is 11.8. The number of rotatable bonds is 6. The Balaban J connectivity index is 2.61. The molecule has 0 aliphatic rings. The number of phenols is 1. The van der Waals surface area contributed by atoms with Gasteiger partial charge < -0.3 is 20.5 Å². The molecule has 7 heteroatoms. The highest BCUT2D eigenvalue weighted by molar-refractivity contribution is 6.33. The number of methoxy groups -OCH3 is 1. The molecule has 0 aliphatic carbocycles. The Bertz CT molecular complexity index is 493. The maximum atomic E-state index is 12.0. The van der Waals surface area contributed by atoms with E-state index in [-0.39, 0.29) is 22.2 Å². The van der Waals surface area contributed by atoms with E-state index in [1.807, 2.05) is 0 Å². The summed E-state index contributed by atoms with van der Waals surface area (Å²) in [4.78, 5) is 23.6. The topological polar surface area (TPSA) is 87.7 Å². The molecule has 0 aromatic heterocycles. The smallest absolute Gasteiger partial charge is 0.253 e. The van der Waals surface area contributed by atoms with Gasteiger partial charge in [0, 0.05) is 13.7 Å². The van der Waals surface area contributed by atoms with Crippen LogP contribution >= 0.6 is 11.6 Å². The molecule has 1 rings (SSSR count). The Labute approximate surface area is 122 Å². The van der Waals surface area contributed by atoms with Gasteiger partial charge in [0.25, 0.3) is 5.91 Å². The molecule has 2 amide bonds. The van der Waals surface area contributed by atoms with Gasteiger partial charge in [-0.3, -0.25) is 9.59 Å². The van der Waals surface area contributed by atoms with Crippen LogP contribution in [-0.4, -0.2) is 43.2 Å². The number of phenolic OH excluding ortho intramolecular Hbond substituents is 1. The lowest BCUT2D eigenvalue weighted by atomic mass is 10.2. The van der Waals surface area contributed by atoms with Crippen molar-refractivity contribution in [3.8, 4) is 5.75 Å². The number of halogens is 1. The van der Waals surface area contributed by atoms with Crippen molar-refractivity contribution in [2.75, 3.05) is 20.3 Å². The molecule has 0 saturated heterocycles. The van der Waals surface area contributed by atoms with Crippen LogP contribution in [0.2, 0.25) is 5.02 Å². The number of carbonyl (C=O) groups excluding carboxylic acids is 2. The van der Waals surface area contributed by atoms with Gasteiger partial charge in [0.1, 0.15) is 11.8 Å². The molecule has 6 nitrogen and oxygen atoms in total. The fourth-order valence-electron chi connectivity index (χ4n) is 1.46. The molecule has 0 aliphatic heterocycles. The standard InChI is InChI=1S/C13H17ClN2O4/c1-8(12(18)15-5-6-20-2)16-13(19)10-7-9(17)3-4-11(10)14/h3-4,7-8,17H,5-6H2,1-2H3,(H,15,18)(H,16,19). The van der Waals surface area contributed by atoms with E-state index in [1.54, 1.807) is 6.92 Å². The molecule has 1 aromatic carbocycles. The number of nitrogens with one attached hydrogen (secondary N) is 2. The van der Waals surface area contributed by atoms with Crippen LogP contribution in [0.25, 0.3) is 0 Å². The minimum atomic E-state index is -0.724. The van der Waals surface area contributed by atoms with Crippen LogP contribution < -0.4 is 10.6 Å². The largest absolute Gasteiger partial charge is 0.508 e. The Hall–Kier alpha value is -1.79. The number of benzene rings is 1. The lowest BCUT2D eigenvalue weighted by Gasteiger charge is -2.14. The molecule has 1 atom stereocenters. The number of carbonyl (C=O) groups is 2. The maximum Gasteiger partial charge on any atom is 0.253 e. The molecule has 0 saturated carbocycles. The van der Waals surface area contributed by atoms with Crippen molar-refractivity contribution >= 4 is 23.4 Å². The molecule has 0 heterocycles. The zero-order valence-corrected chi connectivity index (χ0v) is 12.0. The van der Waals surface area contributed by atoms with Gasteiger partial charge in [-0.2, -0.15) is 0 Å². The highest BCUT2D eigenvalue weighted by atomic mass is 35.5. The highest BCUT2D eigenvalue weighted by Crippen LogP contribution is 2.20. The predicted octanol–water partition coefficient (Wildman–Crippen LogP) is 0.926. The molecular formula is C13H17ClN2O4. The fourth-order valence-corrected chi connectivity index (χ4v) is 1.66. The van der Waals surface area contributed by atoms with Crippen LogP contribution in [0.1, 0.15) is 17.3 Å². The van der Waals surface area contributed by atoms with Crippen molar-refractivity contribution in [2.45, 2.75) is 13.0 Å². The first-order valence-electron chi connectivity index (χ1n) is 6.01. The summed E-state index contributed by atoms with van der Waals surface area (Å²) in [6.07, 6.45) is 0. The van der Waals surface area contributed by atoms with Gasteiger partial charge in [-0.05, 0) is 25.1 Å². The lowest BCUT2D eigenvalue weighted by molar-refractivity contribution is -0.122. The van der Waals surface area contributed by atoms with Crippen LogP contribution in [0.3, 0.4) is 0 Å². The summed E-state index contributed by atoms with van der Waals surface area (Å²) in [6, 6.07) is 3.31. The number of hydrogen-bond acceptors (Lipinski definition) is 4. The Kier molecular flexibility index (Phi) is 6.27. The predicted molar refractivity (Wildman–Crippen MR) is 74.9 cm³/mol. The van der Waals surface area contributed by atoms with Gasteiger partial charge >= 0.3 is 0 Å². The van der Waals surface area contributed by atoms with Crippen LogP contribution in [0.15, 0.2) is 18.2 Å². The third-order valence-corrected chi connectivity index (χ3v) is 2.87. The van der Waals surface area contributed by atoms with Crippen LogP contribution in [0.4, 0.5) is 0 Å². The summed E-state index contributed by atoms with van der Waals surface area (Å²) in [5, 5.41) is 14.7. The number of ether oxygens (including phenoxy) is 1. The molecule has 20 heavy (non-hydrogen) atoms. The summed E-state index contributed by atoms with van der Waals surface area (Å²) in [5.74, 6) is -0.927. The van der Waals surface area contributed by atoms with Gasteiger partial charge in [-0.1, -0.05) is 11.6 Å². The first-order valence-corrected chi connectivity index (χ1v) is 6.39. The van der Waals surface area contributed by atoms with E-state index in [0.717, 1.165) is 0 Å². The summed E-state index contributed by atoms with van der Waals surface area (Å²) in [5.41, 5.74) is 0.114. The molecule has 3 N–H and O–H groups in total. The Morgan fingerprint density at radius 3 is 2.80 bits per heavy atom.